The zero-order valence-electron chi connectivity index (χ0n) is 9.68. The SMILES string of the molecule is Brc1cnc(N2CCOC3CCCCC32)nc1. The maximum atomic E-state index is 5.85. The summed E-state index contributed by atoms with van der Waals surface area (Å²) in [6.45, 7) is 1.70. The van der Waals surface area contributed by atoms with Crippen molar-refractivity contribution in [3.63, 3.8) is 0 Å². The highest BCUT2D eigenvalue weighted by atomic mass is 79.9. The largest absolute Gasteiger partial charge is 0.374 e. The Hall–Kier alpha value is -0.680. The first-order valence-electron chi connectivity index (χ1n) is 6.20. The lowest BCUT2D eigenvalue weighted by molar-refractivity contribution is -0.00932. The number of halogens is 1. The van der Waals surface area contributed by atoms with Gasteiger partial charge in [-0.2, -0.15) is 0 Å². The molecule has 0 spiro atoms. The maximum Gasteiger partial charge on any atom is 0.225 e. The minimum atomic E-state index is 0.379. The van der Waals surface area contributed by atoms with Crippen LogP contribution >= 0.6 is 15.9 Å². The van der Waals surface area contributed by atoms with Crippen LogP contribution < -0.4 is 4.90 Å². The number of nitrogens with zero attached hydrogens (tertiary/aromatic N) is 3. The van der Waals surface area contributed by atoms with E-state index < -0.39 is 0 Å². The maximum absolute atomic E-state index is 5.85. The number of ether oxygens (including phenoxy) is 1. The molecule has 2 heterocycles. The van der Waals surface area contributed by atoms with Gasteiger partial charge in [0.25, 0.3) is 0 Å². The smallest absolute Gasteiger partial charge is 0.225 e. The molecule has 0 N–H and O–H groups in total. The number of rotatable bonds is 1. The molecule has 2 atom stereocenters. The number of hydrogen-bond acceptors (Lipinski definition) is 4. The van der Waals surface area contributed by atoms with Crippen molar-refractivity contribution in [1.29, 1.82) is 0 Å². The van der Waals surface area contributed by atoms with Crippen LogP contribution in [-0.2, 0) is 4.74 Å². The average Bonchev–Trinajstić information content (AvgIpc) is 2.39. The Kier molecular flexibility index (Phi) is 3.29. The summed E-state index contributed by atoms with van der Waals surface area (Å²) in [6, 6.07) is 0.471. The van der Waals surface area contributed by atoms with E-state index in [1.54, 1.807) is 0 Å². The summed E-state index contributed by atoms with van der Waals surface area (Å²) in [5.74, 6) is 0.841. The molecule has 0 amide bonds. The molecule has 1 aromatic heterocycles. The van der Waals surface area contributed by atoms with Gasteiger partial charge in [0.05, 0.1) is 23.2 Å². The molecule has 1 aliphatic carbocycles. The van der Waals surface area contributed by atoms with Crippen molar-refractivity contribution in [2.75, 3.05) is 18.1 Å². The molecule has 4 nitrogen and oxygen atoms in total. The van der Waals surface area contributed by atoms with E-state index in [9.17, 15) is 0 Å². The van der Waals surface area contributed by atoms with Crippen LogP contribution in [0.1, 0.15) is 25.7 Å². The van der Waals surface area contributed by atoms with E-state index in [1.165, 1.54) is 25.7 Å². The Balaban J connectivity index is 1.83. The predicted octanol–water partition coefficient (Wildman–Crippen LogP) is 2.39. The standard InChI is InChI=1S/C12H16BrN3O/c13-9-7-14-12(15-8-9)16-5-6-17-11-4-2-1-3-10(11)16/h7-8,10-11H,1-6H2. The predicted molar refractivity (Wildman–Crippen MR) is 69.1 cm³/mol. The molecular formula is C12H16BrN3O. The van der Waals surface area contributed by atoms with E-state index in [2.05, 4.69) is 30.8 Å². The molecule has 0 aromatic carbocycles. The monoisotopic (exact) mass is 297 g/mol. The third-order valence-electron chi connectivity index (χ3n) is 3.60. The van der Waals surface area contributed by atoms with E-state index in [-0.39, 0.29) is 0 Å². The fourth-order valence-corrected chi connectivity index (χ4v) is 3.00. The van der Waals surface area contributed by atoms with Gasteiger partial charge in [0.15, 0.2) is 0 Å². The summed E-state index contributed by atoms with van der Waals surface area (Å²) in [6.07, 6.45) is 8.96. The molecule has 17 heavy (non-hydrogen) atoms. The van der Waals surface area contributed by atoms with E-state index >= 15 is 0 Å². The van der Waals surface area contributed by atoms with E-state index in [4.69, 9.17) is 4.74 Å². The summed E-state index contributed by atoms with van der Waals surface area (Å²) in [5.41, 5.74) is 0. The molecule has 2 unspecified atom stereocenters. The first-order valence-corrected chi connectivity index (χ1v) is 7.00. The third kappa shape index (κ3) is 2.31. The Morgan fingerprint density at radius 2 is 2.00 bits per heavy atom. The topological polar surface area (TPSA) is 38.2 Å². The van der Waals surface area contributed by atoms with Gasteiger partial charge < -0.3 is 9.64 Å². The summed E-state index contributed by atoms with van der Waals surface area (Å²) in [7, 11) is 0. The van der Waals surface area contributed by atoms with Crippen LogP contribution in [0.2, 0.25) is 0 Å². The van der Waals surface area contributed by atoms with Gasteiger partial charge in [-0.1, -0.05) is 12.8 Å². The van der Waals surface area contributed by atoms with Crippen molar-refractivity contribution in [2.45, 2.75) is 37.8 Å². The van der Waals surface area contributed by atoms with Crippen molar-refractivity contribution in [3.05, 3.63) is 16.9 Å². The quantitative estimate of drug-likeness (QED) is 0.798. The van der Waals surface area contributed by atoms with Gasteiger partial charge in [-0.05, 0) is 28.8 Å². The molecule has 3 rings (SSSR count). The van der Waals surface area contributed by atoms with Crippen molar-refractivity contribution >= 4 is 21.9 Å². The normalized spacial score (nSPS) is 28.9. The van der Waals surface area contributed by atoms with Crippen LogP contribution in [0.25, 0.3) is 0 Å². The summed E-state index contributed by atoms with van der Waals surface area (Å²) < 4.78 is 6.78. The van der Waals surface area contributed by atoms with Crippen LogP contribution in [0.4, 0.5) is 5.95 Å². The second kappa shape index (κ2) is 4.90. The number of morpholine rings is 1. The van der Waals surface area contributed by atoms with Gasteiger partial charge in [-0.3, -0.25) is 0 Å². The fourth-order valence-electron chi connectivity index (χ4n) is 2.80. The molecule has 1 aliphatic heterocycles. The van der Waals surface area contributed by atoms with Crippen LogP contribution in [0.5, 0.6) is 0 Å². The highest BCUT2D eigenvalue weighted by Crippen LogP contribution is 2.30. The first kappa shape index (κ1) is 11.4. The minimum absolute atomic E-state index is 0.379. The summed E-state index contributed by atoms with van der Waals surface area (Å²) in [5, 5.41) is 0. The lowest BCUT2D eigenvalue weighted by Gasteiger charge is -2.43. The second-order valence-corrected chi connectivity index (χ2v) is 5.57. The van der Waals surface area contributed by atoms with E-state index in [0.29, 0.717) is 12.1 Å². The number of aromatic nitrogens is 2. The first-order chi connectivity index (χ1) is 8.34. The van der Waals surface area contributed by atoms with Crippen LogP contribution in [-0.4, -0.2) is 35.3 Å². The summed E-state index contributed by atoms with van der Waals surface area (Å²) >= 11 is 3.37. The van der Waals surface area contributed by atoms with Crippen molar-refractivity contribution < 1.29 is 4.74 Å². The van der Waals surface area contributed by atoms with Crippen molar-refractivity contribution in [1.82, 2.24) is 9.97 Å². The minimum Gasteiger partial charge on any atom is -0.374 e. The molecule has 0 bridgehead atoms. The Morgan fingerprint density at radius 1 is 1.24 bits per heavy atom. The molecule has 5 heteroatoms. The summed E-state index contributed by atoms with van der Waals surface area (Å²) in [4.78, 5) is 11.1. The lowest BCUT2D eigenvalue weighted by atomic mass is 9.90. The van der Waals surface area contributed by atoms with Gasteiger partial charge in [0.2, 0.25) is 5.95 Å². The van der Waals surface area contributed by atoms with Gasteiger partial charge in [-0.25, -0.2) is 9.97 Å². The Morgan fingerprint density at radius 3 is 2.82 bits per heavy atom. The van der Waals surface area contributed by atoms with E-state index in [0.717, 1.165) is 23.6 Å². The second-order valence-electron chi connectivity index (χ2n) is 4.66. The van der Waals surface area contributed by atoms with Crippen LogP contribution in [0, 0.1) is 0 Å². The number of hydrogen-bond donors (Lipinski definition) is 0. The molecule has 2 aliphatic rings. The Bertz CT molecular complexity index is 382. The van der Waals surface area contributed by atoms with Gasteiger partial charge in [0.1, 0.15) is 0 Å². The number of fused-ring (bicyclic) bond motifs is 1. The van der Waals surface area contributed by atoms with Gasteiger partial charge in [0, 0.05) is 18.9 Å². The molecule has 92 valence electrons. The molecular weight excluding hydrogens is 282 g/mol. The van der Waals surface area contributed by atoms with Gasteiger partial charge >= 0.3 is 0 Å². The van der Waals surface area contributed by atoms with Crippen LogP contribution in [0.3, 0.4) is 0 Å². The van der Waals surface area contributed by atoms with Crippen molar-refractivity contribution in [2.24, 2.45) is 0 Å². The van der Waals surface area contributed by atoms with Gasteiger partial charge in [-0.15, -0.1) is 0 Å². The molecule has 1 saturated carbocycles. The molecule has 2 fully saturated rings. The van der Waals surface area contributed by atoms with E-state index in [1.807, 2.05) is 12.4 Å². The van der Waals surface area contributed by atoms with Crippen LogP contribution in [0.15, 0.2) is 16.9 Å². The number of anilines is 1. The zero-order chi connectivity index (χ0) is 11.7. The Labute approximate surface area is 110 Å². The highest BCUT2D eigenvalue weighted by Gasteiger charge is 2.35. The average molecular weight is 298 g/mol. The molecule has 1 saturated heterocycles. The third-order valence-corrected chi connectivity index (χ3v) is 4.01. The fraction of sp³-hybridized carbons (Fsp3) is 0.667. The zero-order valence-corrected chi connectivity index (χ0v) is 11.3. The molecule has 1 aromatic rings. The lowest BCUT2D eigenvalue weighted by Crippen LogP contribution is -2.53. The highest BCUT2D eigenvalue weighted by molar-refractivity contribution is 9.10. The molecule has 0 radical (unpaired) electrons. The van der Waals surface area contributed by atoms with Crippen molar-refractivity contribution in [3.8, 4) is 0 Å².